The molecule has 6 rings (SSSR count). The monoisotopic (exact) mass is 1030 g/mol. The van der Waals surface area contributed by atoms with Crippen molar-refractivity contribution in [1.29, 1.82) is 0 Å². The molecule has 2 aromatic heterocycles. The number of hydrogen-bond donors (Lipinski definition) is 4. The number of nitrogens with one attached hydrogen (secondary N) is 4. The summed E-state index contributed by atoms with van der Waals surface area (Å²) in [5, 5.41) is 12.6. The van der Waals surface area contributed by atoms with E-state index in [1.54, 1.807) is 12.1 Å². The van der Waals surface area contributed by atoms with E-state index in [9.17, 15) is 19.2 Å². The summed E-state index contributed by atoms with van der Waals surface area (Å²) in [4.78, 5) is 58.0. The van der Waals surface area contributed by atoms with Crippen molar-refractivity contribution in [3.63, 3.8) is 0 Å². The Labute approximate surface area is 441 Å². The molecule has 73 heavy (non-hydrogen) atoms. The summed E-state index contributed by atoms with van der Waals surface area (Å²) in [6, 6.07) is 19.6. The minimum absolute atomic E-state index is 0.0156. The zero-order valence-corrected chi connectivity index (χ0v) is 47.3. The maximum atomic E-state index is 14.9. The Hall–Kier alpha value is -5.98. The van der Waals surface area contributed by atoms with Crippen LogP contribution in [-0.2, 0) is 37.7 Å². The van der Waals surface area contributed by atoms with Gasteiger partial charge in [-0.15, -0.1) is 0 Å². The van der Waals surface area contributed by atoms with Crippen LogP contribution >= 0.6 is 23.2 Å². The lowest BCUT2D eigenvalue weighted by atomic mass is 9.76. The Morgan fingerprint density at radius 3 is 1.19 bits per heavy atom. The topological polar surface area (TPSA) is 152 Å². The number of aromatic nitrogens is 4. The van der Waals surface area contributed by atoms with Crippen LogP contribution in [0, 0.1) is 27.7 Å². The van der Waals surface area contributed by atoms with E-state index in [1.807, 2.05) is 64.1 Å². The van der Waals surface area contributed by atoms with Gasteiger partial charge in [-0.25, -0.2) is 9.36 Å². The van der Waals surface area contributed by atoms with Gasteiger partial charge in [-0.05, 0) is 133 Å². The maximum Gasteiger partial charge on any atom is 0.277 e. The van der Waals surface area contributed by atoms with Crippen molar-refractivity contribution in [1.82, 2.24) is 19.6 Å². The highest BCUT2D eigenvalue weighted by Crippen LogP contribution is 2.40. The van der Waals surface area contributed by atoms with Crippen LogP contribution < -0.4 is 31.2 Å². The van der Waals surface area contributed by atoms with E-state index < -0.39 is 22.9 Å². The fourth-order valence-electron chi connectivity index (χ4n) is 8.99. The van der Waals surface area contributed by atoms with E-state index in [0.717, 1.165) is 47.9 Å². The fraction of sp³-hybridized carbons (Fsp3) is 0.458. The lowest BCUT2D eigenvalue weighted by Crippen LogP contribution is -2.26. The first kappa shape index (κ1) is 56.3. The number of anilines is 2. The number of H-pyrrole nitrogens is 2. The molecular formula is C59H76Cl2N6O6. The molecule has 4 N–H and O–H groups in total. The molecule has 0 atom stereocenters. The lowest BCUT2D eigenvalue weighted by molar-refractivity contribution is -0.118. The first-order valence-corrected chi connectivity index (χ1v) is 26.2. The largest absolute Gasteiger partial charge is 0.483 e. The molecule has 0 saturated carbocycles. The quantitative estimate of drug-likeness (QED) is 0.0597. The average molecular weight is 1040 g/mol. The number of aryl methyl sites for hydroxylation is 4. The van der Waals surface area contributed by atoms with Crippen LogP contribution in [0.5, 0.6) is 11.5 Å². The number of ether oxygens (including phenoxy) is 2. The Kier molecular flexibility index (Phi) is 16.9. The van der Waals surface area contributed by atoms with Crippen molar-refractivity contribution in [2.45, 2.75) is 165 Å². The summed E-state index contributed by atoms with van der Waals surface area (Å²) < 4.78 is 15.1. The zero-order valence-electron chi connectivity index (χ0n) is 45.8. The van der Waals surface area contributed by atoms with Crippen LogP contribution in [0.15, 0.2) is 70.3 Å². The van der Waals surface area contributed by atoms with E-state index in [2.05, 4.69) is 116 Å². The van der Waals surface area contributed by atoms with Crippen LogP contribution in [0.1, 0.15) is 164 Å². The summed E-state index contributed by atoms with van der Waals surface area (Å²) in [6.07, 6.45) is 3.20. The normalized spacial score (nSPS) is 12.3. The van der Waals surface area contributed by atoms with Gasteiger partial charge in [-0.2, -0.15) is 0 Å². The Morgan fingerprint density at radius 2 is 0.877 bits per heavy atom. The molecule has 0 aliphatic carbocycles. The van der Waals surface area contributed by atoms with Gasteiger partial charge in [-0.1, -0.05) is 143 Å². The van der Waals surface area contributed by atoms with Gasteiger partial charge in [0.1, 0.15) is 23.1 Å². The number of carbonyl (C=O) groups excluding carboxylic acids is 2. The number of benzene rings is 4. The second-order valence-corrected chi connectivity index (χ2v) is 23.1. The van der Waals surface area contributed by atoms with E-state index in [-0.39, 0.29) is 64.1 Å². The van der Waals surface area contributed by atoms with Crippen molar-refractivity contribution >= 4 is 46.7 Å². The number of halogens is 2. The predicted molar refractivity (Wildman–Crippen MR) is 299 cm³/mol. The van der Waals surface area contributed by atoms with E-state index >= 15 is 0 Å². The number of amides is 2. The molecule has 0 fully saturated rings. The van der Waals surface area contributed by atoms with E-state index in [4.69, 9.17) is 32.7 Å². The molecule has 12 nitrogen and oxygen atoms in total. The number of nitrogens with zero attached hydrogens (tertiary/aromatic N) is 2. The second kappa shape index (κ2) is 21.9. The summed E-state index contributed by atoms with van der Waals surface area (Å²) in [7, 11) is 0. The van der Waals surface area contributed by atoms with E-state index in [0.29, 0.717) is 44.0 Å². The smallest absolute Gasteiger partial charge is 0.277 e. The van der Waals surface area contributed by atoms with Gasteiger partial charge in [0.05, 0.1) is 32.5 Å². The first-order chi connectivity index (χ1) is 34.1. The fourth-order valence-corrected chi connectivity index (χ4v) is 9.80. The third-order valence-electron chi connectivity index (χ3n) is 15.3. The van der Waals surface area contributed by atoms with Crippen LogP contribution in [0.3, 0.4) is 0 Å². The molecule has 0 bridgehead atoms. The van der Waals surface area contributed by atoms with Crippen LogP contribution in [0.25, 0.3) is 11.4 Å². The maximum absolute atomic E-state index is 14.9. The number of carbonyl (C=O) groups is 2. The summed E-state index contributed by atoms with van der Waals surface area (Å²) >= 11 is 13.7. The molecule has 0 radical (unpaired) electrons. The first-order valence-electron chi connectivity index (χ1n) is 25.5. The molecule has 6 aromatic rings. The molecular weight excluding hydrogens is 960 g/mol. The highest BCUT2D eigenvalue weighted by atomic mass is 35.5. The lowest BCUT2D eigenvalue weighted by Gasteiger charge is -2.30. The standard InChI is InChI=1S/C59H76Cl2N6O6/c1-17-56(9,10)38-21-23-46(42(29-38)58(13,14)19-3)72-32-48(68)62-52-40(54(70)66(64-52)50-36(7)25-34(5)27-44(50)60)31-41-53(65-67(55(41)71)51-37(8)26-35(6)28-45(51)61)63-49(69)33-73-47-24-22-39(57(11,12)18-2)30-43(47)59(15,16)20-4/h21-30,64-65H,17-20,31-33H2,1-16H3,(H,62,68)(H,63,69). The van der Waals surface area contributed by atoms with Crippen molar-refractivity contribution in [2.75, 3.05) is 23.8 Å². The van der Waals surface area contributed by atoms with Gasteiger partial charge < -0.3 is 20.1 Å². The third kappa shape index (κ3) is 12.0. The average Bonchev–Trinajstić information content (AvgIpc) is 3.78. The van der Waals surface area contributed by atoms with Crippen molar-refractivity contribution in [2.24, 2.45) is 0 Å². The second-order valence-electron chi connectivity index (χ2n) is 22.3. The van der Waals surface area contributed by atoms with Gasteiger partial charge >= 0.3 is 0 Å². The molecule has 2 amide bonds. The summed E-state index contributed by atoms with van der Waals surface area (Å²) in [6.45, 7) is 32.7. The van der Waals surface area contributed by atoms with Gasteiger partial charge in [0, 0.05) is 17.5 Å². The molecule has 392 valence electrons. The van der Waals surface area contributed by atoms with Crippen LogP contribution in [0.4, 0.5) is 11.6 Å². The van der Waals surface area contributed by atoms with Crippen molar-refractivity contribution < 1.29 is 19.1 Å². The van der Waals surface area contributed by atoms with Crippen molar-refractivity contribution in [3.8, 4) is 22.9 Å². The highest BCUT2D eigenvalue weighted by molar-refractivity contribution is 6.33. The molecule has 0 spiro atoms. The van der Waals surface area contributed by atoms with Gasteiger partial charge in [0.15, 0.2) is 13.2 Å². The number of aromatic amines is 2. The summed E-state index contributed by atoms with van der Waals surface area (Å²) in [5.74, 6) is 0.0716. The highest BCUT2D eigenvalue weighted by Gasteiger charge is 2.31. The van der Waals surface area contributed by atoms with E-state index in [1.165, 1.54) is 20.5 Å². The van der Waals surface area contributed by atoms with Gasteiger partial charge in [0.25, 0.3) is 22.9 Å². The molecule has 0 aliphatic rings. The zero-order chi connectivity index (χ0) is 54.1. The molecule has 0 saturated heterocycles. The van der Waals surface area contributed by atoms with Gasteiger partial charge in [-0.3, -0.25) is 29.4 Å². The predicted octanol–water partition coefficient (Wildman–Crippen LogP) is 13.6. The minimum Gasteiger partial charge on any atom is -0.483 e. The molecule has 4 aromatic carbocycles. The third-order valence-corrected chi connectivity index (χ3v) is 15.9. The van der Waals surface area contributed by atoms with Crippen LogP contribution in [-0.4, -0.2) is 44.6 Å². The Balaban J connectivity index is 1.42. The number of rotatable bonds is 20. The minimum atomic E-state index is -0.579. The SMILES string of the molecule is CCC(C)(C)c1ccc(OCC(=O)Nc2[nH]n(-c3c(C)cc(C)cc3Cl)c(=O)c2Cc2c(NC(=O)COc3ccc(C(C)(C)CC)cc3C(C)(C)CC)[nH]n(-c3c(C)cc(C)cc3Cl)c2=O)c(C(C)(C)CC)c1. The van der Waals surface area contributed by atoms with Gasteiger partial charge in [0.2, 0.25) is 0 Å². The summed E-state index contributed by atoms with van der Waals surface area (Å²) in [5.41, 5.74) is 6.44. The molecule has 0 unspecified atom stereocenters. The molecule has 2 heterocycles. The molecule has 14 heteroatoms. The Bertz CT molecular complexity index is 2910. The van der Waals surface area contributed by atoms with Crippen LogP contribution in [0.2, 0.25) is 10.0 Å². The van der Waals surface area contributed by atoms with Crippen molar-refractivity contribution in [3.05, 3.63) is 147 Å². The Morgan fingerprint density at radius 1 is 0.534 bits per heavy atom. The number of hydrogen-bond acceptors (Lipinski definition) is 6. The molecule has 0 aliphatic heterocycles.